The molecule has 5 rings (SSSR count). The maximum atomic E-state index is 12.8. The summed E-state index contributed by atoms with van der Waals surface area (Å²) in [5.74, 6) is 0.0731. The second kappa shape index (κ2) is 10.7. The van der Waals surface area contributed by atoms with Gasteiger partial charge >= 0.3 is 0 Å². The second-order valence-electron chi connectivity index (χ2n) is 9.47. The van der Waals surface area contributed by atoms with E-state index in [-0.39, 0.29) is 5.91 Å². The number of nitrogens with one attached hydrogen (secondary N) is 1. The monoisotopic (exact) mass is 486 g/mol. The third-order valence-electron chi connectivity index (χ3n) is 6.94. The number of carbonyl (C=O) groups is 1. The molecule has 1 aliphatic heterocycles. The molecule has 1 N–H and O–H groups in total. The number of piperazine rings is 1. The van der Waals surface area contributed by atoms with Gasteiger partial charge in [-0.15, -0.1) is 11.3 Å². The Hall–Kier alpha value is -3.09. The van der Waals surface area contributed by atoms with Crippen LogP contribution in [-0.2, 0) is 11.3 Å². The summed E-state index contributed by atoms with van der Waals surface area (Å²) in [4.78, 5) is 19.0. The molecule has 35 heavy (non-hydrogen) atoms. The molecule has 1 saturated heterocycles. The number of aromatic nitrogens is 1. The van der Waals surface area contributed by atoms with Crippen LogP contribution in [0.15, 0.2) is 66.0 Å². The van der Waals surface area contributed by atoms with Crippen LogP contribution >= 0.6 is 11.3 Å². The topological polar surface area (TPSA) is 40.5 Å². The first kappa shape index (κ1) is 23.6. The van der Waals surface area contributed by atoms with Crippen molar-refractivity contribution in [1.29, 1.82) is 0 Å². The molecule has 0 aliphatic carbocycles. The van der Waals surface area contributed by atoms with Gasteiger partial charge in [0.2, 0.25) is 5.91 Å². The van der Waals surface area contributed by atoms with Crippen molar-refractivity contribution in [1.82, 2.24) is 14.8 Å². The fraction of sp³-hybridized carbons (Fsp3) is 0.345. The van der Waals surface area contributed by atoms with Gasteiger partial charge in [0.25, 0.3) is 0 Å². The number of carbonyl (C=O) groups excluding carboxylic acids is 1. The van der Waals surface area contributed by atoms with Gasteiger partial charge in [-0.25, -0.2) is 0 Å². The first-order valence-corrected chi connectivity index (χ1v) is 13.4. The molecule has 0 saturated carbocycles. The summed E-state index contributed by atoms with van der Waals surface area (Å²) in [6, 6.07) is 21.4. The van der Waals surface area contributed by atoms with Gasteiger partial charge in [0.15, 0.2) is 0 Å². The summed E-state index contributed by atoms with van der Waals surface area (Å²) in [6.07, 6.45) is 0.972. The average molecular weight is 487 g/mol. The van der Waals surface area contributed by atoms with E-state index < -0.39 is 0 Å². The number of rotatable bonds is 8. The molecule has 0 atom stereocenters. The predicted octanol–water partition coefficient (Wildman–Crippen LogP) is 5.32. The van der Waals surface area contributed by atoms with Gasteiger partial charge in [0, 0.05) is 49.3 Å². The lowest BCUT2D eigenvalue weighted by Crippen LogP contribution is -2.47. The number of nitrogens with zero attached hydrogens (tertiary/aromatic N) is 3. The molecular weight excluding hydrogens is 452 g/mol. The number of thiophene rings is 1. The summed E-state index contributed by atoms with van der Waals surface area (Å²) in [6.45, 7) is 10.7. The maximum Gasteiger partial charge on any atom is 0.239 e. The van der Waals surface area contributed by atoms with Gasteiger partial charge in [0.1, 0.15) is 6.54 Å². The average Bonchev–Trinajstić information content (AvgIpc) is 3.52. The van der Waals surface area contributed by atoms with E-state index in [0.29, 0.717) is 13.1 Å². The van der Waals surface area contributed by atoms with Crippen LogP contribution in [0.5, 0.6) is 0 Å². The Balaban J connectivity index is 1.10. The summed E-state index contributed by atoms with van der Waals surface area (Å²) in [5.41, 5.74) is 6.26. The summed E-state index contributed by atoms with van der Waals surface area (Å²) in [7, 11) is 0. The molecule has 1 amide bonds. The van der Waals surface area contributed by atoms with Crippen molar-refractivity contribution in [3.05, 3.63) is 77.2 Å². The molecule has 1 aliphatic rings. The van der Waals surface area contributed by atoms with Gasteiger partial charge < -0.3 is 14.8 Å². The van der Waals surface area contributed by atoms with E-state index >= 15 is 0 Å². The largest absolute Gasteiger partial charge is 0.369 e. The van der Waals surface area contributed by atoms with E-state index in [9.17, 15) is 4.79 Å². The van der Waals surface area contributed by atoms with Crippen molar-refractivity contribution in [3.8, 4) is 10.6 Å². The SMILES string of the molecule is Cc1ccc(C)c(N2CCN(CCCNC(=O)Cn3c(-c4cccs4)cc4ccccc43)CC2)c1. The summed E-state index contributed by atoms with van der Waals surface area (Å²) >= 11 is 1.71. The third-order valence-corrected chi connectivity index (χ3v) is 7.83. The molecule has 0 radical (unpaired) electrons. The van der Waals surface area contributed by atoms with Gasteiger partial charge in [-0.1, -0.05) is 36.4 Å². The lowest BCUT2D eigenvalue weighted by Gasteiger charge is -2.37. The second-order valence-corrected chi connectivity index (χ2v) is 10.4. The van der Waals surface area contributed by atoms with Gasteiger partial charge in [0.05, 0.1) is 10.6 Å². The summed E-state index contributed by atoms with van der Waals surface area (Å²) < 4.78 is 2.14. The van der Waals surface area contributed by atoms with Crippen molar-refractivity contribution in [2.45, 2.75) is 26.8 Å². The highest BCUT2D eigenvalue weighted by atomic mass is 32.1. The molecule has 2 aromatic heterocycles. The van der Waals surface area contributed by atoms with Crippen LogP contribution in [0.3, 0.4) is 0 Å². The number of benzene rings is 2. The molecule has 1 fully saturated rings. The lowest BCUT2D eigenvalue weighted by molar-refractivity contribution is -0.121. The molecular formula is C29H34N4OS. The zero-order valence-electron chi connectivity index (χ0n) is 20.7. The van der Waals surface area contributed by atoms with Gasteiger partial charge in [-0.05, 0) is 67.6 Å². The number of para-hydroxylation sites is 1. The minimum absolute atomic E-state index is 0.0731. The highest BCUT2D eigenvalue weighted by molar-refractivity contribution is 7.13. The van der Waals surface area contributed by atoms with E-state index in [0.717, 1.165) is 50.4 Å². The zero-order chi connectivity index (χ0) is 24.2. The fourth-order valence-corrected chi connectivity index (χ4v) is 5.76. The first-order chi connectivity index (χ1) is 17.1. The van der Waals surface area contributed by atoms with Crippen LogP contribution < -0.4 is 10.2 Å². The van der Waals surface area contributed by atoms with E-state index in [1.807, 2.05) is 12.1 Å². The van der Waals surface area contributed by atoms with E-state index in [4.69, 9.17) is 0 Å². The molecule has 5 nitrogen and oxygen atoms in total. The van der Waals surface area contributed by atoms with E-state index in [1.54, 1.807) is 11.3 Å². The zero-order valence-corrected chi connectivity index (χ0v) is 21.5. The Kier molecular flexibility index (Phi) is 7.21. The predicted molar refractivity (Wildman–Crippen MR) is 147 cm³/mol. The number of hydrogen-bond donors (Lipinski definition) is 1. The van der Waals surface area contributed by atoms with Crippen LogP contribution in [0.4, 0.5) is 5.69 Å². The third kappa shape index (κ3) is 5.44. The van der Waals surface area contributed by atoms with Crippen molar-refractivity contribution in [2.24, 2.45) is 0 Å². The Morgan fingerprint density at radius 1 is 0.971 bits per heavy atom. The Labute approximate surface area is 212 Å². The quantitative estimate of drug-likeness (QED) is 0.343. The smallest absolute Gasteiger partial charge is 0.239 e. The fourth-order valence-electron chi connectivity index (χ4n) is 5.01. The Morgan fingerprint density at radius 3 is 2.60 bits per heavy atom. The maximum absolute atomic E-state index is 12.8. The number of amides is 1. The number of aryl methyl sites for hydroxylation is 2. The van der Waals surface area contributed by atoms with Crippen LogP contribution in [0.25, 0.3) is 21.5 Å². The Morgan fingerprint density at radius 2 is 1.80 bits per heavy atom. The van der Waals surface area contributed by atoms with Crippen molar-refractivity contribution >= 4 is 33.8 Å². The molecule has 0 unspecified atom stereocenters. The van der Waals surface area contributed by atoms with Crippen molar-refractivity contribution in [3.63, 3.8) is 0 Å². The van der Waals surface area contributed by atoms with Crippen molar-refractivity contribution in [2.75, 3.05) is 44.2 Å². The van der Waals surface area contributed by atoms with Crippen LogP contribution in [0.1, 0.15) is 17.5 Å². The molecule has 182 valence electrons. The normalized spacial score (nSPS) is 14.5. The molecule has 6 heteroatoms. The lowest BCUT2D eigenvalue weighted by atomic mass is 10.1. The standard InChI is InChI=1S/C29H34N4OS/c1-22-10-11-23(2)26(19-22)32-16-14-31(15-17-32)13-6-12-30-29(34)21-33-25-8-4-3-7-24(25)20-27(33)28-9-5-18-35-28/h3-5,7-11,18-20H,6,12-17,21H2,1-2H3,(H,30,34). The molecule has 2 aromatic carbocycles. The molecule has 4 aromatic rings. The molecule has 0 spiro atoms. The number of hydrogen-bond acceptors (Lipinski definition) is 4. The number of fused-ring (bicyclic) bond motifs is 1. The van der Waals surface area contributed by atoms with Crippen molar-refractivity contribution < 1.29 is 4.79 Å². The minimum Gasteiger partial charge on any atom is -0.369 e. The summed E-state index contributed by atoms with van der Waals surface area (Å²) in [5, 5.41) is 6.41. The molecule has 3 heterocycles. The van der Waals surface area contributed by atoms with E-state index in [2.05, 4.69) is 87.4 Å². The van der Waals surface area contributed by atoms with Crippen LogP contribution in [0.2, 0.25) is 0 Å². The molecule has 0 bridgehead atoms. The highest BCUT2D eigenvalue weighted by Crippen LogP contribution is 2.31. The Bertz CT molecular complexity index is 1290. The van der Waals surface area contributed by atoms with Gasteiger partial charge in [-0.2, -0.15) is 0 Å². The first-order valence-electron chi connectivity index (χ1n) is 12.5. The highest BCUT2D eigenvalue weighted by Gasteiger charge is 2.18. The van der Waals surface area contributed by atoms with E-state index in [1.165, 1.54) is 27.1 Å². The van der Waals surface area contributed by atoms with Gasteiger partial charge in [-0.3, -0.25) is 9.69 Å². The minimum atomic E-state index is 0.0731. The van der Waals surface area contributed by atoms with Crippen LogP contribution in [0, 0.1) is 13.8 Å². The van der Waals surface area contributed by atoms with Crippen LogP contribution in [-0.4, -0.2) is 54.6 Å². The number of anilines is 1.